The maximum Gasteiger partial charge on any atom is 0.243 e. The smallest absolute Gasteiger partial charge is 0.243 e. The van der Waals surface area contributed by atoms with Crippen LogP contribution in [0.25, 0.3) is 0 Å². The van der Waals surface area contributed by atoms with Crippen molar-refractivity contribution in [3.8, 4) is 0 Å². The molecule has 1 aliphatic heterocycles. The Hall–Kier alpha value is -2.82. The molecule has 1 atom stereocenters. The van der Waals surface area contributed by atoms with Crippen LogP contribution in [0, 0.1) is 13.8 Å². The number of nitrogens with zero attached hydrogens (tertiary/aromatic N) is 2. The number of likely N-dealkylation sites (N-methyl/N-ethyl adjacent to an activating group) is 1. The van der Waals surface area contributed by atoms with E-state index in [1.54, 1.807) is 7.05 Å². The molecule has 3 rings (SSSR count). The molecule has 28 heavy (non-hydrogen) atoms. The highest BCUT2D eigenvalue weighted by atomic mass is 16.2. The molecule has 5 nitrogen and oxygen atoms in total. The Morgan fingerprint density at radius 1 is 1.11 bits per heavy atom. The molecule has 1 heterocycles. The third kappa shape index (κ3) is 4.35. The summed E-state index contributed by atoms with van der Waals surface area (Å²) in [6, 6.07) is 14.4. The van der Waals surface area contributed by atoms with Gasteiger partial charge in [0.25, 0.3) is 0 Å². The van der Waals surface area contributed by atoms with E-state index < -0.39 is 0 Å². The average molecular weight is 380 g/mol. The first kappa shape index (κ1) is 19.9. The zero-order chi connectivity index (χ0) is 20.3. The predicted molar refractivity (Wildman–Crippen MR) is 114 cm³/mol. The summed E-state index contributed by atoms with van der Waals surface area (Å²) in [6.45, 7) is 6.40. The van der Waals surface area contributed by atoms with E-state index >= 15 is 0 Å². The number of hydrogen-bond donors (Lipinski definition) is 1. The molecule has 0 fully saturated rings. The van der Waals surface area contributed by atoms with Gasteiger partial charge in [-0.3, -0.25) is 9.59 Å². The van der Waals surface area contributed by atoms with E-state index in [4.69, 9.17) is 0 Å². The van der Waals surface area contributed by atoms with Gasteiger partial charge in [-0.05, 0) is 56.4 Å². The summed E-state index contributed by atoms with van der Waals surface area (Å²) in [6.07, 6.45) is 2.07. The van der Waals surface area contributed by atoms with Crippen molar-refractivity contribution in [2.45, 2.75) is 39.7 Å². The molecule has 0 aliphatic carbocycles. The summed E-state index contributed by atoms with van der Waals surface area (Å²) in [5, 5.41) is 2.95. The molecule has 2 amide bonds. The summed E-state index contributed by atoms with van der Waals surface area (Å²) in [5.74, 6) is -0.236. The van der Waals surface area contributed by atoms with Crippen LogP contribution in [0.15, 0.2) is 42.5 Å². The molecular formula is C23H29N3O2. The monoisotopic (exact) mass is 379 g/mol. The minimum Gasteiger partial charge on any atom is -0.359 e. The number of para-hydroxylation sites is 2. The predicted octanol–water partition coefficient (Wildman–Crippen LogP) is 3.54. The van der Waals surface area contributed by atoms with E-state index in [1.807, 2.05) is 44.2 Å². The topological polar surface area (TPSA) is 52.7 Å². The number of nitrogens with one attached hydrogen (secondary N) is 1. The highest BCUT2D eigenvalue weighted by Crippen LogP contribution is 2.30. The quantitative estimate of drug-likeness (QED) is 0.864. The zero-order valence-electron chi connectivity index (χ0n) is 17.2. The molecule has 5 heteroatoms. The zero-order valence-corrected chi connectivity index (χ0v) is 17.2. The number of hydrogen-bond acceptors (Lipinski definition) is 3. The lowest BCUT2D eigenvalue weighted by molar-refractivity contribution is -0.132. The normalized spacial score (nSPS) is 15.7. The Kier molecular flexibility index (Phi) is 6.02. The van der Waals surface area contributed by atoms with Crippen LogP contribution < -0.4 is 10.2 Å². The molecule has 1 N–H and O–H groups in total. The first-order valence-corrected chi connectivity index (χ1v) is 9.81. The summed E-state index contributed by atoms with van der Waals surface area (Å²) >= 11 is 0. The van der Waals surface area contributed by atoms with E-state index in [0.29, 0.717) is 6.04 Å². The standard InChI is InChI=1S/C23H29N3O2/c1-16-8-7-9-17(2)23(16)24-21(27)14-25(4)22(28)15-26-18(3)12-13-19-10-5-6-11-20(19)26/h5-11,18H,12-15H2,1-4H3,(H,24,27). The van der Waals surface area contributed by atoms with Crippen molar-refractivity contribution < 1.29 is 9.59 Å². The molecule has 0 bridgehead atoms. The fourth-order valence-electron chi connectivity index (χ4n) is 3.76. The number of carbonyl (C=O) groups is 2. The summed E-state index contributed by atoms with van der Waals surface area (Å²) in [5.41, 5.74) is 5.26. The molecule has 148 valence electrons. The summed E-state index contributed by atoms with van der Waals surface area (Å²) in [7, 11) is 1.69. The van der Waals surface area contributed by atoms with Crippen molar-refractivity contribution in [2.75, 3.05) is 30.4 Å². The van der Waals surface area contributed by atoms with E-state index in [9.17, 15) is 9.59 Å². The second kappa shape index (κ2) is 8.46. The van der Waals surface area contributed by atoms with Gasteiger partial charge in [0.2, 0.25) is 11.8 Å². The fraction of sp³-hybridized carbons (Fsp3) is 0.391. The molecular weight excluding hydrogens is 350 g/mol. The molecule has 1 unspecified atom stereocenters. The lowest BCUT2D eigenvalue weighted by Gasteiger charge is -2.37. The largest absolute Gasteiger partial charge is 0.359 e. The molecule has 0 aromatic heterocycles. The van der Waals surface area contributed by atoms with Gasteiger partial charge in [0.15, 0.2) is 0 Å². The van der Waals surface area contributed by atoms with Crippen molar-refractivity contribution >= 4 is 23.2 Å². The molecule has 2 aromatic rings. The molecule has 0 radical (unpaired) electrons. The van der Waals surface area contributed by atoms with Gasteiger partial charge in [-0.15, -0.1) is 0 Å². The van der Waals surface area contributed by atoms with Gasteiger partial charge >= 0.3 is 0 Å². The van der Waals surface area contributed by atoms with Crippen molar-refractivity contribution in [3.63, 3.8) is 0 Å². The molecule has 2 aromatic carbocycles. The van der Waals surface area contributed by atoms with Crippen molar-refractivity contribution in [2.24, 2.45) is 0 Å². The van der Waals surface area contributed by atoms with Gasteiger partial charge in [-0.1, -0.05) is 36.4 Å². The third-order valence-corrected chi connectivity index (χ3v) is 5.52. The van der Waals surface area contributed by atoms with Gasteiger partial charge in [-0.25, -0.2) is 0 Å². The number of benzene rings is 2. The van der Waals surface area contributed by atoms with Crippen molar-refractivity contribution in [1.29, 1.82) is 0 Å². The minimum absolute atomic E-state index is 0.0382. The van der Waals surface area contributed by atoms with Crippen LogP contribution in [0.3, 0.4) is 0 Å². The summed E-state index contributed by atoms with van der Waals surface area (Å²) in [4.78, 5) is 28.9. The van der Waals surface area contributed by atoms with Gasteiger partial charge in [0.1, 0.15) is 0 Å². The molecule has 0 saturated carbocycles. The van der Waals surface area contributed by atoms with Gasteiger partial charge in [0, 0.05) is 24.5 Å². The van der Waals surface area contributed by atoms with Crippen LogP contribution in [0.1, 0.15) is 30.0 Å². The highest BCUT2D eigenvalue weighted by molar-refractivity contribution is 5.96. The van der Waals surface area contributed by atoms with Crippen LogP contribution in [0.2, 0.25) is 0 Å². The third-order valence-electron chi connectivity index (χ3n) is 5.52. The lowest BCUT2D eigenvalue weighted by Crippen LogP contribution is -2.46. The van der Waals surface area contributed by atoms with Crippen LogP contribution in [0.5, 0.6) is 0 Å². The average Bonchev–Trinajstić information content (AvgIpc) is 2.67. The Morgan fingerprint density at radius 2 is 1.79 bits per heavy atom. The number of rotatable bonds is 5. The maximum atomic E-state index is 12.8. The highest BCUT2D eigenvalue weighted by Gasteiger charge is 2.26. The van der Waals surface area contributed by atoms with E-state index in [-0.39, 0.29) is 24.9 Å². The Balaban J connectivity index is 1.63. The second-order valence-electron chi connectivity index (χ2n) is 7.71. The molecule has 1 aliphatic rings. The number of amides is 2. The van der Waals surface area contributed by atoms with E-state index in [0.717, 1.165) is 35.3 Å². The Bertz CT molecular complexity index is 858. The van der Waals surface area contributed by atoms with Crippen molar-refractivity contribution in [1.82, 2.24) is 4.90 Å². The van der Waals surface area contributed by atoms with E-state index in [2.05, 4.69) is 29.3 Å². The van der Waals surface area contributed by atoms with Crippen LogP contribution >= 0.6 is 0 Å². The Labute approximate surface area is 167 Å². The first-order valence-electron chi connectivity index (χ1n) is 9.81. The van der Waals surface area contributed by atoms with Crippen LogP contribution in [-0.4, -0.2) is 42.9 Å². The van der Waals surface area contributed by atoms with Crippen LogP contribution in [-0.2, 0) is 16.0 Å². The van der Waals surface area contributed by atoms with Crippen LogP contribution in [0.4, 0.5) is 11.4 Å². The number of carbonyl (C=O) groups excluding carboxylic acids is 2. The maximum absolute atomic E-state index is 12.8. The first-order chi connectivity index (χ1) is 13.4. The SMILES string of the molecule is Cc1cccc(C)c1NC(=O)CN(C)C(=O)CN1c2ccccc2CCC1C. The van der Waals surface area contributed by atoms with Gasteiger partial charge < -0.3 is 15.1 Å². The summed E-state index contributed by atoms with van der Waals surface area (Å²) < 4.78 is 0. The van der Waals surface area contributed by atoms with E-state index in [1.165, 1.54) is 10.5 Å². The van der Waals surface area contributed by atoms with Gasteiger partial charge in [0.05, 0.1) is 13.1 Å². The molecule has 0 spiro atoms. The number of anilines is 2. The second-order valence-corrected chi connectivity index (χ2v) is 7.71. The number of fused-ring (bicyclic) bond motifs is 1. The minimum atomic E-state index is -0.180. The van der Waals surface area contributed by atoms with Gasteiger partial charge in [-0.2, -0.15) is 0 Å². The van der Waals surface area contributed by atoms with Crippen molar-refractivity contribution in [3.05, 3.63) is 59.2 Å². The lowest BCUT2D eigenvalue weighted by atomic mass is 9.96. The molecule has 0 saturated heterocycles. The number of aryl methyl sites for hydroxylation is 3. The Morgan fingerprint density at radius 3 is 2.50 bits per heavy atom. The fourth-order valence-corrected chi connectivity index (χ4v) is 3.76.